The number of hydrogen-bond acceptors (Lipinski definition) is 2. The summed E-state index contributed by atoms with van der Waals surface area (Å²) in [4.78, 5) is 14.2. The van der Waals surface area contributed by atoms with E-state index < -0.39 is 0 Å². The Labute approximate surface area is 93.2 Å². The molecule has 1 N–H and O–H groups in total. The lowest BCUT2D eigenvalue weighted by atomic mass is 9.95. The highest BCUT2D eigenvalue weighted by Crippen LogP contribution is 2.21. The lowest BCUT2D eigenvalue weighted by Gasteiger charge is -2.39. The lowest BCUT2D eigenvalue weighted by molar-refractivity contribution is -0.139. The van der Waals surface area contributed by atoms with Gasteiger partial charge in [-0.05, 0) is 32.2 Å². The molecule has 1 fully saturated rings. The van der Waals surface area contributed by atoms with E-state index in [1.165, 1.54) is 0 Å². The van der Waals surface area contributed by atoms with Crippen LogP contribution in [0.15, 0.2) is 0 Å². The summed E-state index contributed by atoms with van der Waals surface area (Å²) in [5.41, 5.74) is 0. The largest absolute Gasteiger partial charge is 0.338 e. The molecule has 2 atom stereocenters. The molecule has 0 saturated carbocycles. The second kappa shape index (κ2) is 5.50. The van der Waals surface area contributed by atoms with Gasteiger partial charge in [-0.2, -0.15) is 0 Å². The maximum Gasteiger partial charge on any atom is 0.239 e. The van der Waals surface area contributed by atoms with Crippen molar-refractivity contribution in [3.05, 3.63) is 0 Å². The summed E-state index contributed by atoms with van der Waals surface area (Å²) in [7, 11) is 1.88. The first kappa shape index (κ1) is 12.5. The van der Waals surface area contributed by atoms with Crippen LogP contribution >= 0.6 is 0 Å². The van der Waals surface area contributed by atoms with Crippen molar-refractivity contribution >= 4 is 5.91 Å². The quantitative estimate of drug-likeness (QED) is 0.768. The minimum Gasteiger partial charge on any atom is -0.338 e. The minimum atomic E-state index is 0.0477. The Bertz CT molecular complexity index is 216. The van der Waals surface area contributed by atoms with Crippen molar-refractivity contribution in [1.29, 1.82) is 0 Å². The second-order valence-electron chi connectivity index (χ2n) is 4.73. The van der Waals surface area contributed by atoms with Crippen molar-refractivity contribution in [1.82, 2.24) is 10.2 Å². The molecule has 1 aliphatic heterocycles. The SMILES string of the molecule is CCC(C(C)C)N1CCCC(NC)C1=O. The summed E-state index contributed by atoms with van der Waals surface area (Å²) in [6.07, 6.45) is 3.17. The van der Waals surface area contributed by atoms with Crippen LogP contribution in [0.1, 0.15) is 40.0 Å². The first-order valence-corrected chi connectivity index (χ1v) is 6.09. The Balaban J connectivity index is 2.70. The van der Waals surface area contributed by atoms with E-state index >= 15 is 0 Å². The van der Waals surface area contributed by atoms with Crippen LogP contribution in [0.5, 0.6) is 0 Å². The van der Waals surface area contributed by atoms with Gasteiger partial charge in [0.05, 0.1) is 6.04 Å². The van der Waals surface area contributed by atoms with Gasteiger partial charge in [-0.3, -0.25) is 4.79 Å². The summed E-state index contributed by atoms with van der Waals surface area (Å²) in [5.74, 6) is 0.846. The Morgan fingerprint density at radius 1 is 1.53 bits per heavy atom. The van der Waals surface area contributed by atoms with Gasteiger partial charge in [-0.25, -0.2) is 0 Å². The van der Waals surface area contributed by atoms with E-state index in [9.17, 15) is 4.79 Å². The van der Waals surface area contributed by atoms with Gasteiger partial charge >= 0.3 is 0 Å². The maximum absolute atomic E-state index is 12.1. The van der Waals surface area contributed by atoms with Gasteiger partial charge in [0, 0.05) is 12.6 Å². The molecule has 0 aromatic heterocycles. The molecule has 1 saturated heterocycles. The van der Waals surface area contributed by atoms with Crippen LogP contribution < -0.4 is 5.32 Å². The van der Waals surface area contributed by atoms with Crippen molar-refractivity contribution in [2.24, 2.45) is 5.92 Å². The van der Waals surface area contributed by atoms with Gasteiger partial charge in [0.25, 0.3) is 0 Å². The van der Waals surface area contributed by atoms with Crippen molar-refractivity contribution in [3.8, 4) is 0 Å². The van der Waals surface area contributed by atoms with E-state index in [4.69, 9.17) is 0 Å². The van der Waals surface area contributed by atoms with Crippen molar-refractivity contribution in [3.63, 3.8) is 0 Å². The Morgan fingerprint density at radius 2 is 2.20 bits per heavy atom. The van der Waals surface area contributed by atoms with Crippen molar-refractivity contribution in [2.45, 2.75) is 52.1 Å². The van der Waals surface area contributed by atoms with Crippen LogP contribution in [0.4, 0.5) is 0 Å². The van der Waals surface area contributed by atoms with E-state index in [0.29, 0.717) is 17.9 Å². The third-order valence-corrected chi connectivity index (χ3v) is 3.41. The molecule has 0 aromatic carbocycles. The van der Waals surface area contributed by atoms with Gasteiger partial charge in [-0.15, -0.1) is 0 Å². The lowest BCUT2D eigenvalue weighted by Crippen LogP contribution is -2.54. The van der Waals surface area contributed by atoms with Crippen LogP contribution in [0.3, 0.4) is 0 Å². The average Bonchev–Trinajstić information content (AvgIpc) is 2.21. The van der Waals surface area contributed by atoms with E-state index in [1.54, 1.807) is 0 Å². The Kier molecular flexibility index (Phi) is 4.58. The molecule has 1 aliphatic rings. The summed E-state index contributed by atoms with van der Waals surface area (Å²) < 4.78 is 0. The molecular formula is C12H24N2O. The highest BCUT2D eigenvalue weighted by atomic mass is 16.2. The molecule has 1 rings (SSSR count). The number of amides is 1. The minimum absolute atomic E-state index is 0.0477. The zero-order chi connectivity index (χ0) is 11.4. The molecule has 1 amide bonds. The van der Waals surface area contributed by atoms with Gasteiger partial charge in [0.1, 0.15) is 0 Å². The zero-order valence-electron chi connectivity index (χ0n) is 10.4. The monoisotopic (exact) mass is 212 g/mol. The van der Waals surface area contributed by atoms with Crippen LogP contribution in [-0.4, -0.2) is 36.5 Å². The molecule has 88 valence electrons. The first-order chi connectivity index (χ1) is 7.11. The van der Waals surface area contributed by atoms with Gasteiger partial charge in [0.15, 0.2) is 0 Å². The number of carbonyl (C=O) groups is 1. The van der Waals surface area contributed by atoms with Crippen LogP contribution in [-0.2, 0) is 4.79 Å². The number of hydrogen-bond donors (Lipinski definition) is 1. The highest BCUT2D eigenvalue weighted by Gasteiger charge is 2.32. The molecule has 1 heterocycles. The second-order valence-corrected chi connectivity index (χ2v) is 4.73. The van der Waals surface area contributed by atoms with Crippen molar-refractivity contribution in [2.75, 3.05) is 13.6 Å². The standard InChI is InChI=1S/C12H24N2O/c1-5-11(9(2)3)14-8-6-7-10(13-4)12(14)15/h9-11,13H,5-8H2,1-4H3. The van der Waals surface area contributed by atoms with E-state index in [0.717, 1.165) is 25.8 Å². The molecule has 3 heteroatoms. The summed E-state index contributed by atoms with van der Waals surface area (Å²) in [6.45, 7) is 7.50. The predicted molar refractivity (Wildman–Crippen MR) is 62.7 cm³/mol. The Morgan fingerprint density at radius 3 is 2.67 bits per heavy atom. The predicted octanol–water partition coefficient (Wildman–Crippen LogP) is 1.63. The fourth-order valence-electron chi connectivity index (χ4n) is 2.55. The summed E-state index contributed by atoms with van der Waals surface area (Å²) in [6, 6.07) is 0.459. The molecule has 0 bridgehead atoms. The summed E-state index contributed by atoms with van der Waals surface area (Å²) in [5, 5.41) is 3.11. The topological polar surface area (TPSA) is 32.3 Å². The zero-order valence-corrected chi connectivity index (χ0v) is 10.4. The van der Waals surface area contributed by atoms with E-state index in [-0.39, 0.29) is 6.04 Å². The Hall–Kier alpha value is -0.570. The number of piperidine rings is 1. The van der Waals surface area contributed by atoms with Crippen LogP contribution in [0.25, 0.3) is 0 Å². The number of likely N-dealkylation sites (N-methyl/N-ethyl adjacent to an activating group) is 1. The summed E-state index contributed by atoms with van der Waals surface area (Å²) >= 11 is 0. The average molecular weight is 212 g/mol. The number of nitrogens with one attached hydrogen (secondary N) is 1. The number of carbonyl (C=O) groups excluding carboxylic acids is 1. The molecular weight excluding hydrogens is 188 g/mol. The maximum atomic E-state index is 12.1. The van der Waals surface area contributed by atoms with Crippen LogP contribution in [0, 0.1) is 5.92 Å². The third-order valence-electron chi connectivity index (χ3n) is 3.41. The third kappa shape index (κ3) is 2.71. The fourth-order valence-corrected chi connectivity index (χ4v) is 2.55. The van der Waals surface area contributed by atoms with Gasteiger partial charge in [0.2, 0.25) is 5.91 Å². The molecule has 0 aromatic rings. The first-order valence-electron chi connectivity index (χ1n) is 6.09. The molecule has 2 unspecified atom stereocenters. The van der Waals surface area contributed by atoms with Gasteiger partial charge < -0.3 is 10.2 Å². The van der Waals surface area contributed by atoms with Crippen LogP contribution in [0.2, 0.25) is 0 Å². The molecule has 3 nitrogen and oxygen atoms in total. The number of rotatable bonds is 4. The van der Waals surface area contributed by atoms with Crippen molar-refractivity contribution < 1.29 is 4.79 Å². The molecule has 15 heavy (non-hydrogen) atoms. The fraction of sp³-hybridized carbons (Fsp3) is 0.917. The molecule has 0 aliphatic carbocycles. The van der Waals surface area contributed by atoms with E-state index in [1.807, 2.05) is 7.05 Å². The number of likely N-dealkylation sites (tertiary alicyclic amines) is 1. The number of nitrogens with zero attached hydrogens (tertiary/aromatic N) is 1. The molecule has 0 spiro atoms. The van der Waals surface area contributed by atoms with E-state index in [2.05, 4.69) is 31.0 Å². The normalized spacial score (nSPS) is 24.7. The molecule has 0 radical (unpaired) electrons. The van der Waals surface area contributed by atoms with Gasteiger partial charge in [-0.1, -0.05) is 20.8 Å². The smallest absolute Gasteiger partial charge is 0.239 e. The highest BCUT2D eigenvalue weighted by molar-refractivity contribution is 5.82.